The second-order valence-corrected chi connectivity index (χ2v) is 4.40. The van der Waals surface area contributed by atoms with E-state index < -0.39 is 11.9 Å². The quantitative estimate of drug-likeness (QED) is 0.672. The number of hydrogen-bond acceptors (Lipinski definition) is 4. The van der Waals surface area contributed by atoms with E-state index in [1.165, 1.54) is 18.5 Å². The van der Waals surface area contributed by atoms with Gasteiger partial charge in [0, 0.05) is 12.4 Å². The highest BCUT2D eigenvalue weighted by atomic mass is 35.5. The summed E-state index contributed by atoms with van der Waals surface area (Å²) in [5, 5.41) is 0.756. The van der Waals surface area contributed by atoms with Crippen LogP contribution in [-0.4, -0.2) is 9.97 Å². The summed E-state index contributed by atoms with van der Waals surface area (Å²) in [5.41, 5.74) is 3.50. The monoisotopic (exact) mass is 286 g/mol. The zero-order valence-corrected chi connectivity index (χ0v) is 10.6. The van der Waals surface area contributed by atoms with Gasteiger partial charge in [0.05, 0.1) is 28.0 Å². The van der Waals surface area contributed by atoms with Crippen molar-refractivity contribution in [2.75, 3.05) is 0 Å². The van der Waals surface area contributed by atoms with Crippen LogP contribution in [0.3, 0.4) is 0 Å². The van der Waals surface area contributed by atoms with Gasteiger partial charge in [0.25, 0.3) is 0 Å². The molecule has 0 amide bonds. The lowest BCUT2D eigenvalue weighted by atomic mass is 10.1. The molecule has 4 nitrogen and oxygen atoms in total. The van der Waals surface area contributed by atoms with E-state index >= 15 is 0 Å². The number of nitrogens with zero attached hydrogens (tertiary/aromatic N) is 2. The van der Waals surface area contributed by atoms with Gasteiger partial charge in [-0.2, -0.15) is 0 Å². The van der Waals surface area contributed by atoms with E-state index in [9.17, 15) is 4.39 Å². The molecule has 0 aliphatic rings. The molecular formula is C11H9Cl2FN4. The molecule has 7 heteroatoms. The molecule has 0 aliphatic heterocycles. The first-order valence-electron chi connectivity index (χ1n) is 4.99. The van der Waals surface area contributed by atoms with Crippen LogP contribution in [0, 0.1) is 5.82 Å². The number of pyridine rings is 2. The lowest BCUT2D eigenvalue weighted by Gasteiger charge is -2.16. The van der Waals surface area contributed by atoms with Crippen LogP contribution in [0.5, 0.6) is 0 Å². The Hall–Kier alpha value is -1.27. The molecule has 1 unspecified atom stereocenters. The number of nitrogens with two attached hydrogens (primary N) is 1. The molecule has 3 N–H and O–H groups in total. The summed E-state index contributed by atoms with van der Waals surface area (Å²) in [4.78, 5) is 7.86. The molecule has 0 bridgehead atoms. The van der Waals surface area contributed by atoms with Crippen molar-refractivity contribution in [3.8, 4) is 0 Å². The number of nitrogens with one attached hydrogen (secondary N) is 1. The molecule has 0 spiro atoms. The molecule has 0 radical (unpaired) electrons. The second-order valence-electron chi connectivity index (χ2n) is 3.56. The average Bonchev–Trinajstić information content (AvgIpc) is 2.33. The molecule has 18 heavy (non-hydrogen) atoms. The van der Waals surface area contributed by atoms with E-state index in [1.807, 2.05) is 0 Å². The summed E-state index contributed by atoms with van der Waals surface area (Å²) >= 11 is 11.8. The molecule has 1 atom stereocenters. The first-order chi connectivity index (χ1) is 8.61. The predicted molar refractivity (Wildman–Crippen MR) is 67.6 cm³/mol. The first-order valence-corrected chi connectivity index (χ1v) is 5.75. The topological polar surface area (TPSA) is 63.8 Å². The van der Waals surface area contributed by atoms with Crippen LogP contribution in [0.25, 0.3) is 0 Å². The Balaban J connectivity index is 2.45. The summed E-state index contributed by atoms with van der Waals surface area (Å²) in [7, 11) is 0. The highest BCUT2D eigenvalue weighted by molar-refractivity contribution is 6.34. The number of hydrazine groups is 1. The Bertz CT molecular complexity index is 564. The van der Waals surface area contributed by atoms with Gasteiger partial charge in [-0.1, -0.05) is 23.2 Å². The molecule has 2 aromatic heterocycles. The summed E-state index contributed by atoms with van der Waals surface area (Å²) in [6, 6.07) is 2.30. The Morgan fingerprint density at radius 3 is 2.61 bits per heavy atom. The van der Waals surface area contributed by atoms with E-state index in [0.29, 0.717) is 21.3 Å². The van der Waals surface area contributed by atoms with Gasteiger partial charge in [0.2, 0.25) is 0 Å². The smallest absolute Gasteiger partial charge is 0.141 e. The SMILES string of the molecule is NNC(c1cncc(F)c1)c1ncc(Cl)cc1Cl. The highest BCUT2D eigenvalue weighted by Gasteiger charge is 2.18. The van der Waals surface area contributed by atoms with E-state index in [0.717, 1.165) is 6.20 Å². The molecule has 2 heterocycles. The average molecular weight is 287 g/mol. The molecule has 94 valence electrons. The van der Waals surface area contributed by atoms with Crippen LogP contribution in [-0.2, 0) is 0 Å². The minimum absolute atomic E-state index is 0.342. The standard InChI is InChI=1S/C11H9Cl2FN4/c12-7-2-9(13)11(17-4-7)10(18-15)6-1-8(14)5-16-3-6/h1-5,10,18H,15H2. The van der Waals surface area contributed by atoms with Crippen LogP contribution in [0.15, 0.2) is 30.7 Å². The number of aromatic nitrogens is 2. The van der Waals surface area contributed by atoms with Gasteiger partial charge in [-0.05, 0) is 17.7 Å². The Morgan fingerprint density at radius 1 is 1.22 bits per heavy atom. The molecule has 0 aliphatic carbocycles. The number of rotatable bonds is 3. The minimum atomic E-state index is -0.557. The maximum Gasteiger partial charge on any atom is 0.141 e. The van der Waals surface area contributed by atoms with Crippen molar-refractivity contribution >= 4 is 23.2 Å². The van der Waals surface area contributed by atoms with Gasteiger partial charge in [0.15, 0.2) is 0 Å². The maximum absolute atomic E-state index is 13.1. The third kappa shape index (κ3) is 2.76. The fraction of sp³-hybridized carbons (Fsp3) is 0.0909. The molecular weight excluding hydrogens is 278 g/mol. The summed E-state index contributed by atoms with van der Waals surface area (Å²) in [6.45, 7) is 0. The Kier molecular flexibility index (Phi) is 4.08. The predicted octanol–water partition coefficient (Wildman–Crippen LogP) is 2.48. The molecule has 2 aromatic rings. The zero-order chi connectivity index (χ0) is 13.1. The van der Waals surface area contributed by atoms with Crippen LogP contribution in [0.1, 0.15) is 17.3 Å². The van der Waals surface area contributed by atoms with Gasteiger partial charge < -0.3 is 0 Å². The maximum atomic E-state index is 13.1. The minimum Gasteiger partial charge on any atom is -0.271 e. The lowest BCUT2D eigenvalue weighted by molar-refractivity contribution is 0.591. The van der Waals surface area contributed by atoms with Gasteiger partial charge in [-0.25, -0.2) is 9.82 Å². The molecule has 0 saturated carbocycles. The van der Waals surface area contributed by atoms with Crippen molar-refractivity contribution in [2.24, 2.45) is 5.84 Å². The molecule has 0 saturated heterocycles. The normalized spacial score (nSPS) is 12.4. The van der Waals surface area contributed by atoms with Crippen LogP contribution in [0.2, 0.25) is 10.0 Å². The largest absolute Gasteiger partial charge is 0.271 e. The zero-order valence-electron chi connectivity index (χ0n) is 9.07. The van der Waals surface area contributed by atoms with Crippen LogP contribution >= 0.6 is 23.2 Å². The Morgan fingerprint density at radius 2 is 2.00 bits per heavy atom. The third-order valence-electron chi connectivity index (χ3n) is 2.34. The van der Waals surface area contributed by atoms with Gasteiger partial charge in [-0.15, -0.1) is 0 Å². The van der Waals surface area contributed by atoms with Gasteiger partial charge >= 0.3 is 0 Å². The van der Waals surface area contributed by atoms with Crippen molar-refractivity contribution in [2.45, 2.75) is 6.04 Å². The van der Waals surface area contributed by atoms with Crippen molar-refractivity contribution in [1.82, 2.24) is 15.4 Å². The van der Waals surface area contributed by atoms with Crippen LogP contribution in [0.4, 0.5) is 4.39 Å². The Labute approximate surface area is 113 Å². The number of hydrogen-bond donors (Lipinski definition) is 2. The van der Waals surface area contributed by atoms with E-state index in [2.05, 4.69) is 15.4 Å². The summed E-state index contributed by atoms with van der Waals surface area (Å²) in [5.74, 6) is 5.00. The second kappa shape index (κ2) is 5.58. The van der Waals surface area contributed by atoms with Crippen molar-refractivity contribution < 1.29 is 4.39 Å². The van der Waals surface area contributed by atoms with Gasteiger partial charge in [0.1, 0.15) is 5.82 Å². The van der Waals surface area contributed by atoms with Crippen molar-refractivity contribution in [1.29, 1.82) is 0 Å². The molecule has 2 rings (SSSR count). The number of halogens is 3. The van der Waals surface area contributed by atoms with E-state index in [4.69, 9.17) is 29.0 Å². The summed E-state index contributed by atoms with van der Waals surface area (Å²) in [6.07, 6.45) is 4.04. The third-order valence-corrected chi connectivity index (χ3v) is 2.85. The van der Waals surface area contributed by atoms with Crippen LogP contribution < -0.4 is 11.3 Å². The van der Waals surface area contributed by atoms with Gasteiger partial charge in [-0.3, -0.25) is 15.8 Å². The van der Waals surface area contributed by atoms with E-state index in [-0.39, 0.29) is 0 Å². The lowest BCUT2D eigenvalue weighted by Crippen LogP contribution is -2.30. The van der Waals surface area contributed by atoms with Crippen molar-refractivity contribution in [3.05, 3.63) is 57.8 Å². The fourth-order valence-electron chi connectivity index (χ4n) is 1.56. The molecule has 0 aromatic carbocycles. The molecule has 0 fully saturated rings. The van der Waals surface area contributed by atoms with Crippen molar-refractivity contribution in [3.63, 3.8) is 0 Å². The first kappa shape index (κ1) is 13.2. The fourth-order valence-corrected chi connectivity index (χ4v) is 2.05. The van der Waals surface area contributed by atoms with E-state index in [1.54, 1.807) is 6.07 Å². The summed E-state index contributed by atoms with van der Waals surface area (Å²) < 4.78 is 13.1. The highest BCUT2D eigenvalue weighted by Crippen LogP contribution is 2.27.